The summed E-state index contributed by atoms with van der Waals surface area (Å²) in [4.78, 5) is 24.7. The van der Waals surface area contributed by atoms with Crippen molar-refractivity contribution in [2.45, 2.75) is 51.6 Å². The highest BCUT2D eigenvalue weighted by molar-refractivity contribution is 5.90. The van der Waals surface area contributed by atoms with Crippen LogP contribution in [0.1, 0.15) is 42.0 Å². The minimum atomic E-state index is -1.11. The summed E-state index contributed by atoms with van der Waals surface area (Å²) in [6.07, 6.45) is 4.45. The molecule has 2 aliphatic rings. The Morgan fingerprint density at radius 3 is 2.36 bits per heavy atom. The first-order chi connectivity index (χ1) is 13.6. The lowest BCUT2D eigenvalue weighted by molar-refractivity contribution is -0.156. The monoisotopic (exact) mass is 391 g/mol. The lowest BCUT2D eigenvalue weighted by Crippen LogP contribution is -2.35. The SMILES string of the molecule is CCOC(=O)C(COCCOC)OC(=O)Nc1c2c(cc3c1CCC3)CCC2. The number of hydrogen-bond donors (Lipinski definition) is 1. The number of methoxy groups -OCH3 is 1. The average Bonchev–Trinajstić information content (AvgIpc) is 3.33. The molecule has 7 heteroatoms. The molecule has 3 rings (SSSR count). The molecule has 1 unspecified atom stereocenters. The third-order valence-corrected chi connectivity index (χ3v) is 5.20. The normalized spacial score (nSPS) is 15.6. The van der Waals surface area contributed by atoms with E-state index in [9.17, 15) is 9.59 Å². The van der Waals surface area contributed by atoms with Crippen molar-refractivity contribution in [1.29, 1.82) is 0 Å². The molecule has 0 saturated heterocycles. The molecule has 2 aliphatic carbocycles. The van der Waals surface area contributed by atoms with Gasteiger partial charge in [-0.1, -0.05) is 6.07 Å². The molecule has 0 heterocycles. The highest BCUT2D eigenvalue weighted by Crippen LogP contribution is 2.38. The van der Waals surface area contributed by atoms with E-state index in [0.29, 0.717) is 13.2 Å². The Labute approximate surface area is 165 Å². The highest BCUT2D eigenvalue weighted by atomic mass is 16.6. The second kappa shape index (κ2) is 9.89. The fourth-order valence-corrected chi connectivity index (χ4v) is 3.95. The number of amides is 1. The van der Waals surface area contributed by atoms with Crippen molar-refractivity contribution in [2.75, 3.05) is 38.9 Å². The molecule has 1 N–H and O–H groups in total. The first kappa shape index (κ1) is 20.6. The summed E-state index contributed by atoms with van der Waals surface area (Å²) < 4.78 is 20.7. The van der Waals surface area contributed by atoms with Crippen LogP contribution < -0.4 is 5.32 Å². The summed E-state index contributed by atoms with van der Waals surface area (Å²) in [6, 6.07) is 2.30. The number of esters is 1. The van der Waals surface area contributed by atoms with Gasteiger partial charge in [0.25, 0.3) is 0 Å². The molecule has 154 valence electrons. The zero-order valence-corrected chi connectivity index (χ0v) is 16.7. The number of rotatable bonds is 9. The first-order valence-corrected chi connectivity index (χ1v) is 10.0. The Bertz CT molecular complexity index is 685. The van der Waals surface area contributed by atoms with Gasteiger partial charge in [-0.2, -0.15) is 0 Å². The van der Waals surface area contributed by atoms with Crippen molar-refractivity contribution >= 4 is 17.7 Å². The molecule has 0 aliphatic heterocycles. The van der Waals surface area contributed by atoms with E-state index in [2.05, 4.69) is 11.4 Å². The third kappa shape index (κ3) is 4.83. The van der Waals surface area contributed by atoms with Gasteiger partial charge in [-0.15, -0.1) is 0 Å². The molecule has 0 aromatic heterocycles. The van der Waals surface area contributed by atoms with E-state index >= 15 is 0 Å². The smallest absolute Gasteiger partial charge is 0.412 e. The fraction of sp³-hybridized carbons (Fsp3) is 0.619. The molecule has 1 amide bonds. The number of carbonyl (C=O) groups excluding carboxylic acids is 2. The lowest BCUT2D eigenvalue weighted by Gasteiger charge is -2.19. The number of hydrogen-bond acceptors (Lipinski definition) is 6. The molecular weight excluding hydrogens is 362 g/mol. The lowest BCUT2D eigenvalue weighted by atomic mass is 9.99. The van der Waals surface area contributed by atoms with E-state index in [4.69, 9.17) is 18.9 Å². The van der Waals surface area contributed by atoms with Gasteiger partial charge in [-0.3, -0.25) is 5.32 Å². The van der Waals surface area contributed by atoms with Crippen molar-refractivity contribution < 1.29 is 28.5 Å². The van der Waals surface area contributed by atoms with Crippen LogP contribution >= 0.6 is 0 Å². The molecule has 7 nitrogen and oxygen atoms in total. The van der Waals surface area contributed by atoms with Crippen LogP contribution in [0.3, 0.4) is 0 Å². The first-order valence-electron chi connectivity index (χ1n) is 10.0. The van der Waals surface area contributed by atoms with Gasteiger partial charge in [0.05, 0.1) is 32.1 Å². The van der Waals surface area contributed by atoms with Crippen LogP contribution in [-0.2, 0) is 49.4 Å². The molecule has 0 saturated carbocycles. The number of aryl methyl sites for hydroxylation is 2. The van der Waals surface area contributed by atoms with Crippen molar-refractivity contribution in [1.82, 2.24) is 0 Å². The van der Waals surface area contributed by atoms with Crippen LogP contribution in [0.2, 0.25) is 0 Å². The van der Waals surface area contributed by atoms with Crippen LogP contribution in [0.25, 0.3) is 0 Å². The minimum absolute atomic E-state index is 0.0688. The average molecular weight is 391 g/mol. The van der Waals surface area contributed by atoms with E-state index in [0.717, 1.165) is 44.2 Å². The third-order valence-electron chi connectivity index (χ3n) is 5.20. The summed E-state index contributed by atoms with van der Waals surface area (Å²) in [5.41, 5.74) is 5.94. The summed E-state index contributed by atoms with van der Waals surface area (Å²) in [7, 11) is 1.56. The number of fused-ring (bicyclic) bond motifs is 2. The van der Waals surface area contributed by atoms with Gasteiger partial charge in [-0.05, 0) is 67.7 Å². The Morgan fingerprint density at radius 2 is 1.75 bits per heavy atom. The van der Waals surface area contributed by atoms with Crippen LogP contribution in [0.15, 0.2) is 6.07 Å². The summed E-state index contributed by atoms with van der Waals surface area (Å²) >= 11 is 0. The quantitative estimate of drug-likeness (QED) is 0.515. The second-order valence-corrected chi connectivity index (χ2v) is 7.07. The van der Waals surface area contributed by atoms with Crippen molar-refractivity contribution in [2.24, 2.45) is 0 Å². The number of benzene rings is 1. The minimum Gasteiger partial charge on any atom is -0.463 e. The number of carbonyl (C=O) groups is 2. The number of anilines is 1. The van der Waals surface area contributed by atoms with Gasteiger partial charge < -0.3 is 18.9 Å². The van der Waals surface area contributed by atoms with Crippen LogP contribution in [0, 0.1) is 0 Å². The Morgan fingerprint density at radius 1 is 1.07 bits per heavy atom. The van der Waals surface area contributed by atoms with Crippen molar-refractivity contribution in [3.05, 3.63) is 28.3 Å². The zero-order valence-electron chi connectivity index (χ0n) is 16.7. The van der Waals surface area contributed by atoms with Gasteiger partial charge in [0.2, 0.25) is 6.10 Å². The maximum Gasteiger partial charge on any atom is 0.412 e. The van der Waals surface area contributed by atoms with E-state index in [1.165, 1.54) is 22.3 Å². The molecule has 0 spiro atoms. The van der Waals surface area contributed by atoms with Crippen molar-refractivity contribution in [3.8, 4) is 0 Å². The maximum absolute atomic E-state index is 12.6. The van der Waals surface area contributed by atoms with Gasteiger partial charge in [0, 0.05) is 7.11 Å². The zero-order chi connectivity index (χ0) is 19.9. The Balaban J connectivity index is 1.68. The van der Waals surface area contributed by atoms with Crippen LogP contribution in [-0.4, -0.2) is 51.7 Å². The highest BCUT2D eigenvalue weighted by Gasteiger charge is 2.28. The second-order valence-electron chi connectivity index (χ2n) is 7.07. The number of ether oxygens (including phenoxy) is 4. The van der Waals surface area contributed by atoms with E-state index < -0.39 is 18.2 Å². The van der Waals surface area contributed by atoms with Crippen LogP contribution in [0.4, 0.5) is 10.5 Å². The topological polar surface area (TPSA) is 83.1 Å². The molecule has 28 heavy (non-hydrogen) atoms. The van der Waals surface area contributed by atoms with E-state index in [-0.39, 0.29) is 13.2 Å². The molecule has 1 aromatic rings. The van der Waals surface area contributed by atoms with E-state index in [1.54, 1.807) is 14.0 Å². The molecule has 0 radical (unpaired) electrons. The molecule has 0 fully saturated rings. The predicted molar refractivity (Wildman–Crippen MR) is 104 cm³/mol. The number of nitrogens with one attached hydrogen (secondary N) is 1. The van der Waals surface area contributed by atoms with Gasteiger partial charge in [-0.25, -0.2) is 9.59 Å². The summed E-state index contributed by atoms with van der Waals surface area (Å²) in [6.45, 7) is 2.54. The van der Waals surface area contributed by atoms with E-state index in [1.807, 2.05) is 0 Å². The Hall–Kier alpha value is -2.12. The predicted octanol–water partition coefficient (Wildman–Crippen LogP) is 2.81. The molecule has 1 atom stereocenters. The van der Waals surface area contributed by atoms with Crippen molar-refractivity contribution in [3.63, 3.8) is 0 Å². The summed E-state index contributed by atoms with van der Waals surface area (Å²) in [5, 5.41) is 2.92. The maximum atomic E-state index is 12.6. The fourth-order valence-electron chi connectivity index (χ4n) is 3.95. The largest absolute Gasteiger partial charge is 0.463 e. The van der Waals surface area contributed by atoms with Gasteiger partial charge in [0.15, 0.2) is 0 Å². The summed E-state index contributed by atoms with van der Waals surface area (Å²) in [5.74, 6) is -0.612. The standard InChI is InChI=1S/C21H29NO6/c1-3-27-20(23)18(13-26-11-10-25-2)28-21(24)22-19-16-8-4-6-14(16)12-15-7-5-9-17(15)19/h12,18H,3-11,13H2,1-2H3,(H,22,24). The molecular formula is C21H29NO6. The van der Waals surface area contributed by atoms with Crippen LogP contribution in [0.5, 0.6) is 0 Å². The van der Waals surface area contributed by atoms with Gasteiger partial charge >= 0.3 is 12.1 Å². The molecule has 0 bridgehead atoms. The van der Waals surface area contributed by atoms with Gasteiger partial charge in [0.1, 0.15) is 0 Å². The Kier molecular flexibility index (Phi) is 7.28. The molecule has 1 aromatic carbocycles.